The Hall–Kier alpha value is -3.55. The van der Waals surface area contributed by atoms with E-state index in [4.69, 9.17) is 35.4 Å². The van der Waals surface area contributed by atoms with E-state index in [2.05, 4.69) is 0 Å². The molecule has 0 amide bonds. The van der Waals surface area contributed by atoms with Crippen molar-refractivity contribution >= 4 is 39.6 Å². The van der Waals surface area contributed by atoms with Crippen molar-refractivity contribution in [2.24, 2.45) is 0 Å². The normalized spacial score (nSPS) is 12.4. The SMILES string of the molecule is [B]C(C(=O)Oc1ccccc1C(=O)O)C([B])C(=O)Oc1ccccc1C(=O)O. The van der Waals surface area contributed by atoms with Gasteiger partial charge in [-0.05, 0) is 24.3 Å². The first kappa shape index (κ1) is 20.8. The summed E-state index contributed by atoms with van der Waals surface area (Å²) in [5, 5.41) is 18.2. The van der Waals surface area contributed by atoms with Gasteiger partial charge in [0.2, 0.25) is 0 Å². The summed E-state index contributed by atoms with van der Waals surface area (Å²) in [5.41, 5.74) is -0.566. The van der Waals surface area contributed by atoms with Crippen molar-refractivity contribution in [2.45, 2.75) is 11.6 Å². The van der Waals surface area contributed by atoms with Gasteiger partial charge in [-0.2, -0.15) is 0 Å². The van der Waals surface area contributed by atoms with E-state index in [1.54, 1.807) is 0 Å². The summed E-state index contributed by atoms with van der Waals surface area (Å²) < 4.78 is 9.85. The molecule has 0 heterocycles. The Labute approximate surface area is 161 Å². The number of carboxylic acids is 2. The molecule has 2 atom stereocenters. The summed E-state index contributed by atoms with van der Waals surface area (Å²) in [7, 11) is 11.2. The third kappa shape index (κ3) is 4.79. The molecule has 2 N–H and O–H groups in total. The molecule has 4 radical (unpaired) electrons. The average molecular weight is 378 g/mol. The molecule has 0 saturated carbocycles. The van der Waals surface area contributed by atoms with Crippen LogP contribution in [0, 0.1) is 0 Å². The Morgan fingerprint density at radius 3 is 1.32 bits per heavy atom. The molecule has 138 valence electrons. The van der Waals surface area contributed by atoms with E-state index < -0.39 is 35.5 Å². The fourth-order valence-electron chi connectivity index (χ4n) is 2.11. The molecule has 28 heavy (non-hydrogen) atoms. The molecule has 2 aromatic carbocycles. The highest BCUT2D eigenvalue weighted by atomic mass is 16.5. The molecule has 0 fully saturated rings. The van der Waals surface area contributed by atoms with Crippen LogP contribution in [0.15, 0.2) is 48.5 Å². The number of hydrogen-bond acceptors (Lipinski definition) is 6. The summed E-state index contributed by atoms with van der Waals surface area (Å²) in [4.78, 5) is 46.5. The van der Waals surface area contributed by atoms with E-state index in [9.17, 15) is 19.2 Å². The predicted molar refractivity (Wildman–Crippen MR) is 97.1 cm³/mol. The van der Waals surface area contributed by atoms with Crippen LogP contribution in [0.1, 0.15) is 20.7 Å². The number of esters is 2. The lowest BCUT2D eigenvalue weighted by Crippen LogP contribution is -2.28. The van der Waals surface area contributed by atoms with Gasteiger partial charge in [-0.25, -0.2) is 9.59 Å². The van der Waals surface area contributed by atoms with Gasteiger partial charge in [-0.3, -0.25) is 9.59 Å². The molecule has 0 saturated heterocycles. The first-order valence-corrected chi connectivity index (χ1v) is 7.81. The van der Waals surface area contributed by atoms with Gasteiger partial charge in [0.05, 0.1) is 15.7 Å². The second-order valence-electron chi connectivity index (χ2n) is 5.50. The maximum absolute atomic E-state index is 12.1. The number of carbonyl (C=O) groups excluding carboxylic acids is 2. The van der Waals surface area contributed by atoms with Crippen molar-refractivity contribution < 1.29 is 38.9 Å². The van der Waals surface area contributed by atoms with E-state index in [0.717, 1.165) is 0 Å². The predicted octanol–water partition coefficient (Wildman–Crippen LogP) is 1.51. The highest BCUT2D eigenvalue weighted by molar-refractivity contribution is 6.35. The molecule has 0 aliphatic heterocycles. The Bertz CT molecular complexity index is 852. The summed E-state index contributed by atoms with van der Waals surface area (Å²) in [6.45, 7) is 0. The monoisotopic (exact) mass is 378 g/mol. The van der Waals surface area contributed by atoms with Gasteiger partial charge in [0.25, 0.3) is 0 Å². The quantitative estimate of drug-likeness (QED) is 0.422. The lowest BCUT2D eigenvalue weighted by Gasteiger charge is -2.19. The van der Waals surface area contributed by atoms with E-state index in [1.807, 2.05) is 0 Å². The second kappa shape index (κ2) is 8.90. The second-order valence-corrected chi connectivity index (χ2v) is 5.50. The van der Waals surface area contributed by atoms with Crippen molar-refractivity contribution in [3.05, 3.63) is 59.7 Å². The molecular formula is C18H12B2O8. The van der Waals surface area contributed by atoms with Crippen LogP contribution in [-0.4, -0.2) is 49.8 Å². The van der Waals surface area contributed by atoms with Crippen LogP contribution in [-0.2, 0) is 9.59 Å². The zero-order valence-electron chi connectivity index (χ0n) is 14.3. The number of aromatic carboxylic acids is 2. The fourth-order valence-corrected chi connectivity index (χ4v) is 2.11. The molecule has 0 aliphatic carbocycles. The van der Waals surface area contributed by atoms with Crippen LogP contribution in [0.2, 0.25) is 11.6 Å². The Balaban J connectivity index is 2.10. The van der Waals surface area contributed by atoms with Gasteiger partial charge in [-0.15, -0.1) is 0 Å². The lowest BCUT2D eigenvalue weighted by atomic mass is 9.66. The fraction of sp³-hybridized carbons (Fsp3) is 0.111. The van der Waals surface area contributed by atoms with Gasteiger partial charge in [-0.1, -0.05) is 24.3 Å². The van der Waals surface area contributed by atoms with E-state index >= 15 is 0 Å². The minimum absolute atomic E-state index is 0.271. The van der Waals surface area contributed by atoms with Gasteiger partial charge in [0.1, 0.15) is 22.6 Å². The number of hydrogen-bond donors (Lipinski definition) is 2. The first-order valence-electron chi connectivity index (χ1n) is 7.81. The largest absolute Gasteiger partial charge is 0.478 e. The minimum Gasteiger partial charge on any atom is -0.478 e. The van der Waals surface area contributed by atoms with E-state index in [-0.39, 0.29) is 22.6 Å². The van der Waals surface area contributed by atoms with Crippen molar-refractivity contribution in [1.82, 2.24) is 0 Å². The van der Waals surface area contributed by atoms with Crippen molar-refractivity contribution in [1.29, 1.82) is 0 Å². The summed E-state index contributed by atoms with van der Waals surface area (Å²) in [6.07, 6.45) is 0. The van der Waals surface area contributed by atoms with Crippen molar-refractivity contribution in [3.8, 4) is 11.5 Å². The number of benzene rings is 2. The molecule has 10 heteroatoms. The maximum atomic E-state index is 12.1. The zero-order chi connectivity index (χ0) is 20.8. The highest BCUT2D eigenvalue weighted by Crippen LogP contribution is 2.27. The summed E-state index contributed by atoms with van der Waals surface area (Å²) >= 11 is 0. The molecular weight excluding hydrogens is 366 g/mol. The first-order chi connectivity index (χ1) is 13.2. The van der Waals surface area contributed by atoms with Crippen LogP contribution in [0.4, 0.5) is 0 Å². The number of ether oxygens (including phenoxy) is 2. The zero-order valence-corrected chi connectivity index (χ0v) is 14.3. The van der Waals surface area contributed by atoms with Crippen LogP contribution >= 0.6 is 0 Å². The number of carbonyl (C=O) groups is 4. The number of carboxylic acid groups (broad SMARTS) is 2. The van der Waals surface area contributed by atoms with Crippen molar-refractivity contribution in [2.75, 3.05) is 0 Å². The summed E-state index contributed by atoms with van der Waals surface area (Å²) in [5.74, 6) is -8.90. The highest BCUT2D eigenvalue weighted by Gasteiger charge is 2.30. The Morgan fingerprint density at radius 1 is 0.679 bits per heavy atom. The molecule has 0 aromatic heterocycles. The number of rotatable bonds is 7. The van der Waals surface area contributed by atoms with Crippen molar-refractivity contribution in [3.63, 3.8) is 0 Å². The van der Waals surface area contributed by atoms with E-state index in [0.29, 0.717) is 0 Å². The molecule has 0 bridgehead atoms. The van der Waals surface area contributed by atoms with Gasteiger partial charge in [0, 0.05) is 11.6 Å². The number of para-hydroxylation sites is 2. The molecule has 0 aliphatic rings. The molecule has 2 unspecified atom stereocenters. The van der Waals surface area contributed by atoms with Crippen LogP contribution < -0.4 is 9.47 Å². The van der Waals surface area contributed by atoms with Gasteiger partial charge >= 0.3 is 23.9 Å². The van der Waals surface area contributed by atoms with Crippen LogP contribution in [0.25, 0.3) is 0 Å². The van der Waals surface area contributed by atoms with E-state index in [1.165, 1.54) is 48.5 Å². The smallest absolute Gasteiger partial charge is 0.339 e. The lowest BCUT2D eigenvalue weighted by molar-refractivity contribution is -0.140. The molecule has 2 aromatic rings. The topological polar surface area (TPSA) is 127 Å². The molecule has 8 nitrogen and oxygen atoms in total. The Morgan fingerprint density at radius 2 is 1.00 bits per heavy atom. The standard InChI is InChI=1S/C18H12B2O8/c19-13(17(25)27-11-7-3-1-5-9(11)15(21)22)14(20)18(26)28-12-8-4-2-6-10(12)16(23)24/h1-8,13-14H,(H,21,22)(H,23,24). The van der Waals surface area contributed by atoms with Crippen LogP contribution in [0.5, 0.6) is 11.5 Å². The molecule has 0 spiro atoms. The maximum Gasteiger partial charge on any atom is 0.339 e. The van der Waals surface area contributed by atoms with Gasteiger partial charge < -0.3 is 19.7 Å². The third-order valence-corrected chi connectivity index (χ3v) is 3.59. The average Bonchev–Trinajstić information content (AvgIpc) is 2.67. The Kier molecular flexibility index (Phi) is 6.59. The third-order valence-electron chi connectivity index (χ3n) is 3.59. The minimum atomic E-state index is -1.69. The van der Waals surface area contributed by atoms with Crippen LogP contribution in [0.3, 0.4) is 0 Å². The summed E-state index contributed by atoms with van der Waals surface area (Å²) in [6, 6.07) is 10.7. The molecule has 2 rings (SSSR count). The van der Waals surface area contributed by atoms with Gasteiger partial charge in [0.15, 0.2) is 0 Å².